The minimum atomic E-state index is 0.462. The number of thiophene rings is 1. The summed E-state index contributed by atoms with van der Waals surface area (Å²) in [5.41, 5.74) is 0.857. The number of nitrogens with zero attached hydrogens (tertiary/aromatic N) is 2. The van der Waals surface area contributed by atoms with Gasteiger partial charge >= 0.3 is 0 Å². The highest BCUT2D eigenvalue weighted by molar-refractivity contribution is 9.10. The van der Waals surface area contributed by atoms with Gasteiger partial charge in [-0.25, -0.2) is 9.97 Å². The largest absolute Gasteiger partial charge is 0.231 e. The Labute approximate surface area is 105 Å². The zero-order valence-corrected chi connectivity index (χ0v) is 11.4. The molecule has 0 fully saturated rings. The first-order valence-corrected chi connectivity index (χ1v) is 6.33. The molecule has 5 heteroatoms. The summed E-state index contributed by atoms with van der Waals surface area (Å²) in [6.07, 6.45) is 0. The fraction of sp³-hybridized carbons (Fsp3) is 0.200. The van der Waals surface area contributed by atoms with Crippen LogP contribution in [0.5, 0.6) is 0 Å². The average molecular weight is 304 g/mol. The van der Waals surface area contributed by atoms with E-state index in [2.05, 4.69) is 38.9 Å². The number of aromatic nitrogens is 2. The van der Waals surface area contributed by atoms with Gasteiger partial charge in [-0.15, -0.1) is 11.3 Å². The maximum absolute atomic E-state index is 5.98. The monoisotopic (exact) mass is 302 g/mol. The molecule has 0 aliphatic heterocycles. The van der Waals surface area contributed by atoms with E-state index in [1.807, 2.05) is 13.0 Å². The number of hydrogen-bond donors (Lipinski definition) is 0. The lowest BCUT2D eigenvalue weighted by molar-refractivity contribution is 1.10. The minimum Gasteiger partial charge on any atom is -0.231 e. The van der Waals surface area contributed by atoms with E-state index in [9.17, 15) is 0 Å². The summed E-state index contributed by atoms with van der Waals surface area (Å²) in [5.74, 6) is 0.693. The molecule has 15 heavy (non-hydrogen) atoms. The zero-order valence-electron chi connectivity index (χ0n) is 8.21. The molecular weight excluding hydrogens is 296 g/mol. The van der Waals surface area contributed by atoms with Gasteiger partial charge in [0.2, 0.25) is 0 Å². The van der Waals surface area contributed by atoms with Crippen molar-refractivity contribution in [1.29, 1.82) is 0 Å². The van der Waals surface area contributed by atoms with Crippen molar-refractivity contribution in [3.63, 3.8) is 0 Å². The maximum atomic E-state index is 5.98. The molecule has 0 amide bonds. The normalized spacial score (nSPS) is 10.7. The van der Waals surface area contributed by atoms with E-state index in [0.29, 0.717) is 11.0 Å². The highest BCUT2D eigenvalue weighted by Crippen LogP contribution is 2.29. The lowest BCUT2D eigenvalue weighted by Gasteiger charge is -2.02. The van der Waals surface area contributed by atoms with Crippen molar-refractivity contribution in [3.8, 4) is 10.7 Å². The van der Waals surface area contributed by atoms with E-state index in [-0.39, 0.29) is 0 Å². The molecule has 0 atom stereocenters. The molecule has 0 saturated carbocycles. The third-order valence-corrected chi connectivity index (χ3v) is 4.38. The standard InChI is InChI=1S/C10H8BrClN2S/c1-5-3-4-7(15-5)10-13-6(2)8(11)9(12)14-10/h3-4H,1-2H3. The van der Waals surface area contributed by atoms with Crippen molar-refractivity contribution in [2.75, 3.05) is 0 Å². The van der Waals surface area contributed by atoms with Crippen LogP contribution in [-0.2, 0) is 0 Å². The predicted molar refractivity (Wildman–Crippen MR) is 67.5 cm³/mol. The first kappa shape index (κ1) is 11.0. The second-order valence-electron chi connectivity index (χ2n) is 3.15. The Kier molecular flexibility index (Phi) is 3.09. The molecule has 0 radical (unpaired) electrons. The molecule has 0 aliphatic rings. The minimum absolute atomic E-state index is 0.462. The second kappa shape index (κ2) is 4.20. The topological polar surface area (TPSA) is 25.8 Å². The van der Waals surface area contributed by atoms with E-state index < -0.39 is 0 Å². The molecule has 0 bridgehead atoms. The van der Waals surface area contributed by atoms with Crippen LogP contribution >= 0.6 is 38.9 Å². The van der Waals surface area contributed by atoms with Crippen molar-refractivity contribution in [1.82, 2.24) is 9.97 Å². The number of aryl methyl sites for hydroxylation is 2. The third kappa shape index (κ3) is 2.22. The van der Waals surface area contributed by atoms with Crippen molar-refractivity contribution < 1.29 is 0 Å². The molecule has 0 aliphatic carbocycles. The SMILES string of the molecule is Cc1ccc(-c2nc(C)c(Br)c(Cl)n2)s1. The van der Waals surface area contributed by atoms with E-state index in [0.717, 1.165) is 15.0 Å². The molecule has 0 N–H and O–H groups in total. The van der Waals surface area contributed by atoms with Gasteiger partial charge < -0.3 is 0 Å². The third-order valence-electron chi connectivity index (χ3n) is 1.94. The molecule has 0 spiro atoms. The van der Waals surface area contributed by atoms with Gasteiger partial charge in [0, 0.05) is 4.88 Å². The van der Waals surface area contributed by atoms with Crippen molar-refractivity contribution >= 4 is 38.9 Å². The summed E-state index contributed by atoms with van der Waals surface area (Å²) in [6, 6.07) is 4.06. The maximum Gasteiger partial charge on any atom is 0.171 e. The number of rotatable bonds is 1. The first-order valence-electron chi connectivity index (χ1n) is 4.34. The molecule has 2 aromatic rings. The van der Waals surface area contributed by atoms with Crippen molar-refractivity contribution in [3.05, 3.63) is 32.3 Å². The molecule has 0 unspecified atom stereocenters. The van der Waals surface area contributed by atoms with Gasteiger partial charge in [0.1, 0.15) is 5.15 Å². The first-order chi connectivity index (χ1) is 7.08. The summed E-state index contributed by atoms with van der Waals surface area (Å²) < 4.78 is 0.765. The van der Waals surface area contributed by atoms with Crippen LogP contribution in [0.1, 0.15) is 10.6 Å². The fourth-order valence-corrected chi connectivity index (χ4v) is 2.38. The number of hydrogen-bond acceptors (Lipinski definition) is 3. The lowest BCUT2D eigenvalue weighted by atomic mass is 10.4. The fourth-order valence-electron chi connectivity index (χ4n) is 1.19. The van der Waals surface area contributed by atoms with E-state index in [1.165, 1.54) is 4.88 Å². The van der Waals surface area contributed by atoms with Crippen LogP contribution in [-0.4, -0.2) is 9.97 Å². The summed E-state index contributed by atoms with van der Waals surface area (Å²) >= 11 is 11.0. The highest BCUT2D eigenvalue weighted by atomic mass is 79.9. The molecule has 0 saturated heterocycles. The Bertz CT molecular complexity index is 487. The number of halogens is 2. The van der Waals surface area contributed by atoms with E-state index >= 15 is 0 Å². The van der Waals surface area contributed by atoms with Gasteiger partial charge in [0.15, 0.2) is 5.82 Å². The Morgan fingerprint density at radius 2 is 2.00 bits per heavy atom. The molecule has 78 valence electrons. The molecule has 2 aromatic heterocycles. The Morgan fingerprint density at radius 1 is 1.27 bits per heavy atom. The Balaban J connectivity index is 2.55. The van der Waals surface area contributed by atoms with Crippen LogP contribution in [0.4, 0.5) is 0 Å². The summed E-state index contributed by atoms with van der Waals surface area (Å²) in [5, 5.41) is 0.462. The van der Waals surface area contributed by atoms with E-state index in [1.54, 1.807) is 11.3 Å². The quantitative estimate of drug-likeness (QED) is 0.737. The van der Waals surface area contributed by atoms with Gasteiger partial charge in [-0.3, -0.25) is 0 Å². The van der Waals surface area contributed by atoms with Gasteiger partial charge in [-0.05, 0) is 41.9 Å². The van der Waals surface area contributed by atoms with Gasteiger partial charge in [0.25, 0.3) is 0 Å². The highest BCUT2D eigenvalue weighted by Gasteiger charge is 2.10. The van der Waals surface area contributed by atoms with Crippen LogP contribution in [0.3, 0.4) is 0 Å². The van der Waals surface area contributed by atoms with Gasteiger partial charge in [0.05, 0.1) is 15.0 Å². The molecule has 2 rings (SSSR count). The van der Waals surface area contributed by atoms with E-state index in [4.69, 9.17) is 11.6 Å². The molecule has 0 aromatic carbocycles. The molecular formula is C10H8BrClN2S. The molecule has 2 heterocycles. The van der Waals surface area contributed by atoms with Gasteiger partial charge in [-0.1, -0.05) is 11.6 Å². The summed E-state index contributed by atoms with van der Waals surface area (Å²) in [6.45, 7) is 3.96. The Morgan fingerprint density at radius 3 is 2.53 bits per heavy atom. The second-order valence-corrected chi connectivity index (χ2v) is 5.59. The predicted octanol–water partition coefficient (Wildman–Crippen LogP) is 4.24. The summed E-state index contributed by atoms with van der Waals surface area (Å²) in [4.78, 5) is 10.9. The van der Waals surface area contributed by atoms with Crippen LogP contribution in [0.2, 0.25) is 5.15 Å². The van der Waals surface area contributed by atoms with Crippen LogP contribution in [0.25, 0.3) is 10.7 Å². The smallest absolute Gasteiger partial charge is 0.171 e. The average Bonchev–Trinajstić information content (AvgIpc) is 2.60. The van der Waals surface area contributed by atoms with Gasteiger partial charge in [-0.2, -0.15) is 0 Å². The zero-order chi connectivity index (χ0) is 11.0. The van der Waals surface area contributed by atoms with Crippen LogP contribution < -0.4 is 0 Å². The molecule has 2 nitrogen and oxygen atoms in total. The van der Waals surface area contributed by atoms with Crippen LogP contribution in [0.15, 0.2) is 16.6 Å². The lowest BCUT2D eigenvalue weighted by Crippen LogP contribution is -1.92. The van der Waals surface area contributed by atoms with Crippen molar-refractivity contribution in [2.45, 2.75) is 13.8 Å². The summed E-state index contributed by atoms with van der Waals surface area (Å²) in [7, 11) is 0. The van der Waals surface area contributed by atoms with Crippen LogP contribution in [0, 0.1) is 13.8 Å². The van der Waals surface area contributed by atoms with Crippen molar-refractivity contribution in [2.24, 2.45) is 0 Å². The Hall–Kier alpha value is -0.450.